The minimum Gasteiger partial charge on any atom is -0.504 e. The van der Waals surface area contributed by atoms with Crippen LogP contribution in [0.5, 0.6) is 23.0 Å². The fourth-order valence-corrected chi connectivity index (χ4v) is 4.53. The Morgan fingerprint density at radius 1 is 1.36 bits per heavy atom. The molecule has 0 saturated heterocycles. The molecular formula is C20H18N2O6. The molecule has 2 unspecified atom stereocenters. The van der Waals surface area contributed by atoms with Crippen LogP contribution >= 0.6 is 0 Å². The van der Waals surface area contributed by atoms with Crippen LogP contribution in [-0.2, 0) is 17.8 Å². The molecule has 0 amide bonds. The number of nitrogens with zero attached hydrogens (tertiary/aromatic N) is 2. The van der Waals surface area contributed by atoms with Crippen LogP contribution < -0.4 is 14.2 Å². The summed E-state index contributed by atoms with van der Waals surface area (Å²) in [6.45, 7) is 1.20. The zero-order valence-corrected chi connectivity index (χ0v) is 15.1. The molecule has 28 heavy (non-hydrogen) atoms. The van der Waals surface area contributed by atoms with Crippen molar-refractivity contribution in [1.29, 1.82) is 0 Å². The molecule has 0 aliphatic carbocycles. The molecule has 2 atom stereocenters. The Morgan fingerprint density at radius 3 is 3.00 bits per heavy atom. The first-order valence-corrected chi connectivity index (χ1v) is 8.98. The number of hydrogen-bond acceptors (Lipinski definition) is 8. The smallest absolute Gasteiger partial charge is 0.240 e. The third-order valence-corrected chi connectivity index (χ3v) is 5.76. The second kappa shape index (κ2) is 6.24. The number of methoxy groups -OCH3 is 1. The summed E-state index contributed by atoms with van der Waals surface area (Å²) in [7, 11) is 1.51. The van der Waals surface area contributed by atoms with Crippen LogP contribution in [0.3, 0.4) is 0 Å². The van der Waals surface area contributed by atoms with Crippen molar-refractivity contribution in [2.24, 2.45) is 4.99 Å². The lowest BCUT2D eigenvalue weighted by Gasteiger charge is -2.44. The highest BCUT2D eigenvalue weighted by Crippen LogP contribution is 2.54. The largest absolute Gasteiger partial charge is 0.504 e. The van der Waals surface area contributed by atoms with Crippen LogP contribution in [0.1, 0.15) is 34.4 Å². The Kier molecular flexibility index (Phi) is 3.80. The molecule has 0 bridgehead atoms. The molecule has 3 aliphatic rings. The van der Waals surface area contributed by atoms with Crippen molar-refractivity contribution >= 4 is 11.8 Å². The molecule has 3 aliphatic heterocycles. The van der Waals surface area contributed by atoms with E-state index in [9.17, 15) is 15.0 Å². The van der Waals surface area contributed by atoms with Gasteiger partial charge >= 0.3 is 0 Å². The van der Waals surface area contributed by atoms with Crippen molar-refractivity contribution in [3.8, 4) is 23.0 Å². The van der Waals surface area contributed by atoms with Crippen LogP contribution in [0.2, 0.25) is 0 Å². The van der Waals surface area contributed by atoms with Crippen molar-refractivity contribution < 1.29 is 29.2 Å². The van der Waals surface area contributed by atoms with E-state index in [4.69, 9.17) is 14.2 Å². The average Bonchev–Trinajstić information content (AvgIpc) is 3.17. The number of phenolic OH excluding ortho intramolecular Hbond substituents is 1. The van der Waals surface area contributed by atoms with Gasteiger partial charge in [-0.05, 0) is 29.7 Å². The molecule has 144 valence electrons. The Morgan fingerprint density at radius 2 is 2.21 bits per heavy atom. The number of phenols is 1. The van der Waals surface area contributed by atoms with Crippen molar-refractivity contribution in [2.45, 2.75) is 25.1 Å². The van der Waals surface area contributed by atoms with Gasteiger partial charge in [0.05, 0.1) is 19.3 Å². The maximum absolute atomic E-state index is 11.2. The first-order valence-electron chi connectivity index (χ1n) is 8.98. The van der Waals surface area contributed by atoms with Gasteiger partial charge in [-0.2, -0.15) is 4.99 Å². The normalized spacial score (nSPS) is 21.9. The van der Waals surface area contributed by atoms with E-state index in [-0.39, 0.29) is 12.5 Å². The molecule has 0 aromatic heterocycles. The maximum atomic E-state index is 11.2. The quantitative estimate of drug-likeness (QED) is 0.607. The standard InChI is InChI=1S/C20H18N2O6/c1-26-13-3-2-11-12(16(13)21-8-23)7-22-5-4-10-6-14-20(28-9-27-14)19(25)15(10)17(22)18(11)24/h2-3,6,17-18,24-25H,4-5,7,9H2,1H3. The second-order valence-electron chi connectivity index (χ2n) is 7.03. The highest BCUT2D eigenvalue weighted by atomic mass is 16.7. The van der Waals surface area contributed by atoms with Gasteiger partial charge in [0.1, 0.15) is 11.4 Å². The van der Waals surface area contributed by atoms with E-state index >= 15 is 0 Å². The number of carbonyl (C=O) groups excluding carboxylic acids is 1. The predicted molar refractivity (Wildman–Crippen MR) is 96.8 cm³/mol. The number of hydrogen-bond donors (Lipinski definition) is 2. The zero-order chi connectivity index (χ0) is 19.4. The fourth-order valence-electron chi connectivity index (χ4n) is 4.53. The molecule has 2 N–H and O–H groups in total. The van der Waals surface area contributed by atoms with Gasteiger partial charge in [0.15, 0.2) is 11.5 Å². The van der Waals surface area contributed by atoms with Gasteiger partial charge < -0.3 is 24.4 Å². The monoisotopic (exact) mass is 382 g/mol. The summed E-state index contributed by atoms with van der Waals surface area (Å²) in [5, 5.41) is 22.1. The molecule has 3 heterocycles. The summed E-state index contributed by atoms with van der Waals surface area (Å²) in [6, 6.07) is 4.90. The van der Waals surface area contributed by atoms with Gasteiger partial charge in [0.2, 0.25) is 18.6 Å². The topological polar surface area (TPSA) is 101 Å². The Hall–Kier alpha value is -3.06. The average molecular weight is 382 g/mol. The Bertz CT molecular complexity index is 1030. The summed E-state index contributed by atoms with van der Waals surface area (Å²) in [5.74, 6) is 1.32. The first kappa shape index (κ1) is 17.1. The van der Waals surface area contributed by atoms with Crippen molar-refractivity contribution in [2.75, 3.05) is 20.4 Å². The number of aromatic hydroxyl groups is 1. The molecule has 2 aromatic carbocycles. The SMILES string of the molecule is COc1ccc2c(c1N=C=O)CN1CCc3cc4c(c(O)c3C1C2O)OCO4. The van der Waals surface area contributed by atoms with Crippen molar-refractivity contribution in [3.05, 3.63) is 40.5 Å². The van der Waals surface area contributed by atoms with E-state index in [1.807, 2.05) is 6.07 Å². The van der Waals surface area contributed by atoms with Crippen molar-refractivity contribution in [1.82, 2.24) is 4.90 Å². The number of aliphatic hydroxyl groups excluding tert-OH is 1. The first-order chi connectivity index (χ1) is 13.6. The maximum Gasteiger partial charge on any atom is 0.240 e. The van der Waals surface area contributed by atoms with Gasteiger partial charge in [0, 0.05) is 24.2 Å². The number of isocyanates is 1. The lowest BCUT2D eigenvalue weighted by Crippen LogP contribution is -2.41. The van der Waals surface area contributed by atoms with Gasteiger partial charge in [-0.15, -0.1) is 0 Å². The highest BCUT2D eigenvalue weighted by molar-refractivity contribution is 5.67. The van der Waals surface area contributed by atoms with Crippen LogP contribution in [0.15, 0.2) is 23.2 Å². The summed E-state index contributed by atoms with van der Waals surface area (Å²) < 4.78 is 16.1. The minimum atomic E-state index is -0.916. The van der Waals surface area contributed by atoms with E-state index in [2.05, 4.69) is 9.89 Å². The zero-order valence-electron chi connectivity index (χ0n) is 15.1. The van der Waals surface area contributed by atoms with E-state index in [0.717, 1.165) is 11.1 Å². The number of benzene rings is 2. The van der Waals surface area contributed by atoms with E-state index in [0.29, 0.717) is 53.6 Å². The number of aliphatic imine (C=N–C) groups is 1. The van der Waals surface area contributed by atoms with Crippen LogP contribution in [0.25, 0.3) is 0 Å². The molecule has 5 rings (SSSR count). The molecule has 0 radical (unpaired) electrons. The van der Waals surface area contributed by atoms with Gasteiger partial charge in [-0.1, -0.05) is 6.07 Å². The fraction of sp³-hybridized carbons (Fsp3) is 0.350. The van der Waals surface area contributed by atoms with Gasteiger partial charge in [0.25, 0.3) is 0 Å². The van der Waals surface area contributed by atoms with E-state index in [1.54, 1.807) is 18.2 Å². The van der Waals surface area contributed by atoms with Crippen LogP contribution in [0.4, 0.5) is 5.69 Å². The van der Waals surface area contributed by atoms with Gasteiger partial charge in [-0.3, -0.25) is 4.90 Å². The molecule has 8 heteroatoms. The predicted octanol–water partition coefficient (Wildman–Crippen LogP) is 2.24. The molecule has 0 spiro atoms. The Balaban J connectivity index is 1.67. The molecular weight excluding hydrogens is 364 g/mol. The van der Waals surface area contributed by atoms with E-state index in [1.165, 1.54) is 7.11 Å². The number of aliphatic hydroxyl groups is 1. The Labute approximate surface area is 160 Å². The molecule has 8 nitrogen and oxygen atoms in total. The lowest BCUT2D eigenvalue weighted by atomic mass is 9.81. The summed E-state index contributed by atoms with van der Waals surface area (Å²) in [4.78, 5) is 16.8. The van der Waals surface area contributed by atoms with E-state index < -0.39 is 12.1 Å². The molecule has 0 saturated carbocycles. The summed E-state index contributed by atoms with van der Waals surface area (Å²) in [6.07, 6.45) is 1.35. The van der Waals surface area contributed by atoms with Crippen LogP contribution in [-0.4, -0.2) is 41.6 Å². The number of rotatable bonds is 2. The second-order valence-corrected chi connectivity index (χ2v) is 7.03. The van der Waals surface area contributed by atoms with Crippen molar-refractivity contribution in [3.63, 3.8) is 0 Å². The summed E-state index contributed by atoms with van der Waals surface area (Å²) in [5.41, 5.74) is 3.36. The highest BCUT2D eigenvalue weighted by Gasteiger charge is 2.43. The minimum absolute atomic E-state index is 0.0156. The van der Waals surface area contributed by atoms with Gasteiger partial charge in [-0.25, -0.2) is 4.79 Å². The number of ether oxygens (including phenoxy) is 3. The molecule has 0 fully saturated rings. The third kappa shape index (κ3) is 2.26. The lowest BCUT2D eigenvalue weighted by molar-refractivity contribution is 0.0192. The number of fused-ring (bicyclic) bond motifs is 5. The molecule has 2 aromatic rings. The van der Waals surface area contributed by atoms with Crippen LogP contribution in [0, 0.1) is 0 Å². The third-order valence-electron chi connectivity index (χ3n) is 5.76. The summed E-state index contributed by atoms with van der Waals surface area (Å²) >= 11 is 0.